The molecule has 2 aromatic rings. The summed E-state index contributed by atoms with van der Waals surface area (Å²) < 4.78 is 7.17. The summed E-state index contributed by atoms with van der Waals surface area (Å²) in [5.74, 6) is 1.04. The summed E-state index contributed by atoms with van der Waals surface area (Å²) >= 11 is 2.37. The van der Waals surface area contributed by atoms with Crippen LogP contribution in [0.1, 0.15) is 12.8 Å². The molecule has 0 heterocycles. The van der Waals surface area contributed by atoms with Crippen molar-refractivity contribution < 1.29 is 4.74 Å². The molecule has 0 amide bonds. The number of hydrogen-bond acceptors (Lipinski definition) is 1. The van der Waals surface area contributed by atoms with Crippen LogP contribution in [0, 0.1) is 3.57 Å². The second-order valence-corrected chi connectivity index (χ2v) is 5.07. The molecule has 0 bridgehead atoms. The molecule has 1 fully saturated rings. The molecule has 2 heteroatoms. The summed E-state index contributed by atoms with van der Waals surface area (Å²) in [5.41, 5.74) is 0. The zero-order valence-electron chi connectivity index (χ0n) is 8.24. The summed E-state index contributed by atoms with van der Waals surface area (Å²) in [7, 11) is 0. The normalized spacial score (nSPS) is 15.5. The molecule has 15 heavy (non-hydrogen) atoms. The first-order valence-corrected chi connectivity index (χ1v) is 6.26. The summed E-state index contributed by atoms with van der Waals surface area (Å²) in [6, 6.07) is 12.6. The predicted octanol–water partition coefficient (Wildman–Crippen LogP) is 3.99. The number of ether oxygens (including phenoxy) is 1. The average molecular weight is 310 g/mol. The Balaban J connectivity index is 2.16. The van der Waals surface area contributed by atoms with Crippen molar-refractivity contribution in [1.82, 2.24) is 0 Å². The van der Waals surface area contributed by atoms with Crippen molar-refractivity contribution in [2.75, 3.05) is 0 Å². The highest BCUT2D eigenvalue weighted by atomic mass is 127. The Kier molecular flexibility index (Phi) is 2.31. The highest BCUT2D eigenvalue weighted by Crippen LogP contribution is 2.33. The zero-order chi connectivity index (χ0) is 10.3. The van der Waals surface area contributed by atoms with Crippen molar-refractivity contribution in [3.8, 4) is 5.75 Å². The van der Waals surface area contributed by atoms with Crippen LogP contribution >= 0.6 is 22.6 Å². The number of halogens is 1. The maximum Gasteiger partial charge on any atom is 0.127 e. The van der Waals surface area contributed by atoms with Crippen molar-refractivity contribution in [3.05, 3.63) is 40.0 Å². The Bertz CT molecular complexity index is 503. The SMILES string of the molecule is Ic1ccc(OC2CC2)c2ccccc12. The van der Waals surface area contributed by atoms with Crippen molar-refractivity contribution in [1.29, 1.82) is 0 Å². The van der Waals surface area contributed by atoms with Crippen LogP contribution in [0.15, 0.2) is 36.4 Å². The molecule has 0 spiro atoms. The molecule has 0 aromatic heterocycles. The second kappa shape index (κ2) is 3.67. The third kappa shape index (κ3) is 1.83. The molecular formula is C13H11IO. The van der Waals surface area contributed by atoms with E-state index in [-0.39, 0.29) is 0 Å². The van der Waals surface area contributed by atoms with E-state index in [1.54, 1.807) is 0 Å². The molecule has 1 nitrogen and oxygen atoms in total. The Morgan fingerprint density at radius 3 is 2.47 bits per heavy atom. The lowest BCUT2D eigenvalue weighted by Gasteiger charge is -2.09. The molecule has 0 aliphatic heterocycles. The van der Waals surface area contributed by atoms with Gasteiger partial charge in [0, 0.05) is 8.96 Å². The minimum Gasteiger partial charge on any atom is -0.490 e. The minimum atomic E-state index is 0.466. The quantitative estimate of drug-likeness (QED) is 0.762. The predicted molar refractivity (Wildman–Crippen MR) is 70.3 cm³/mol. The first-order valence-electron chi connectivity index (χ1n) is 5.18. The van der Waals surface area contributed by atoms with Crippen LogP contribution in [-0.4, -0.2) is 6.10 Å². The molecular weight excluding hydrogens is 299 g/mol. The van der Waals surface area contributed by atoms with Gasteiger partial charge in [-0.1, -0.05) is 24.3 Å². The monoisotopic (exact) mass is 310 g/mol. The number of rotatable bonds is 2. The van der Waals surface area contributed by atoms with E-state index in [4.69, 9.17) is 4.74 Å². The van der Waals surface area contributed by atoms with Crippen molar-refractivity contribution in [3.63, 3.8) is 0 Å². The van der Waals surface area contributed by atoms with Crippen LogP contribution in [-0.2, 0) is 0 Å². The van der Waals surface area contributed by atoms with Crippen molar-refractivity contribution >= 4 is 33.4 Å². The molecule has 2 aromatic carbocycles. The smallest absolute Gasteiger partial charge is 0.127 e. The maximum absolute atomic E-state index is 5.89. The summed E-state index contributed by atoms with van der Waals surface area (Å²) in [5, 5.41) is 2.52. The van der Waals surface area contributed by atoms with Gasteiger partial charge in [0.25, 0.3) is 0 Å². The molecule has 1 aliphatic rings. The lowest BCUT2D eigenvalue weighted by Crippen LogP contribution is -1.96. The molecule has 0 atom stereocenters. The zero-order valence-corrected chi connectivity index (χ0v) is 10.4. The van der Waals surface area contributed by atoms with E-state index in [1.807, 2.05) is 0 Å². The maximum atomic E-state index is 5.89. The lowest BCUT2D eigenvalue weighted by molar-refractivity contribution is 0.307. The average Bonchev–Trinajstić information content (AvgIpc) is 3.07. The highest BCUT2D eigenvalue weighted by molar-refractivity contribution is 14.1. The van der Waals surface area contributed by atoms with Crippen molar-refractivity contribution in [2.45, 2.75) is 18.9 Å². The summed E-state index contributed by atoms with van der Waals surface area (Å²) in [6.45, 7) is 0. The van der Waals surface area contributed by atoms with Gasteiger partial charge in [0.15, 0.2) is 0 Å². The van der Waals surface area contributed by atoms with E-state index in [0.29, 0.717) is 6.10 Å². The molecule has 1 saturated carbocycles. The molecule has 76 valence electrons. The third-order valence-corrected chi connectivity index (χ3v) is 3.59. The van der Waals surface area contributed by atoms with Gasteiger partial charge in [0.1, 0.15) is 5.75 Å². The van der Waals surface area contributed by atoms with E-state index in [1.165, 1.54) is 27.2 Å². The van der Waals surface area contributed by atoms with Gasteiger partial charge in [-0.3, -0.25) is 0 Å². The highest BCUT2D eigenvalue weighted by Gasteiger charge is 2.24. The van der Waals surface area contributed by atoms with Crippen LogP contribution in [0.25, 0.3) is 10.8 Å². The largest absolute Gasteiger partial charge is 0.490 e. The van der Waals surface area contributed by atoms with E-state index >= 15 is 0 Å². The standard InChI is InChI=1S/C13H11IO/c14-12-7-8-13(15-9-5-6-9)11-4-2-1-3-10(11)12/h1-4,7-9H,5-6H2. The van der Waals surface area contributed by atoms with E-state index in [0.717, 1.165) is 5.75 Å². The number of benzene rings is 2. The van der Waals surface area contributed by atoms with Crippen molar-refractivity contribution in [2.24, 2.45) is 0 Å². The minimum absolute atomic E-state index is 0.466. The summed E-state index contributed by atoms with van der Waals surface area (Å²) in [4.78, 5) is 0. The Hall–Kier alpha value is -0.770. The van der Waals surface area contributed by atoms with Crippen LogP contribution < -0.4 is 4.74 Å². The fourth-order valence-electron chi connectivity index (χ4n) is 1.70. The van der Waals surface area contributed by atoms with E-state index in [2.05, 4.69) is 59.0 Å². The molecule has 0 radical (unpaired) electrons. The van der Waals surface area contributed by atoms with Gasteiger partial charge >= 0.3 is 0 Å². The van der Waals surface area contributed by atoms with Crippen LogP contribution in [0.3, 0.4) is 0 Å². The summed E-state index contributed by atoms with van der Waals surface area (Å²) in [6.07, 6.45) is 2.88. The second-order valence-electron chi connectivity index (χ2n) is 3.91. The molecule has 0 saturated heterocycles. The van der Waals surface area contributed by atoms with Gasteiger partial charge in [-0.2, -0.15) is 0 Å². The van der Waals surface area contributed by atoms with Gasteiger partial charge in [-0.05, 0) is 53.0 Å². The topological polar surface area (TPSA) is 9.23 Å². The van der Waals surface area contributed by atoms with Crippen LogP contribution in [0.5, 0.6) is 5.75 Å². The Labute approximate surface area is 103 Å². The number of hydrogen-bond donors (Lipinski definition) is 0. The Morgan fingerprint density at radius 1 is 1.00 bits per heavy atom. The van der Waals surface area contributed by atoms with Gasteiger partial charge < -0.3 is 4.74 Å². The van der Waals surface area contributed by atoms with Crippen LogP contribution in [0.4, 0.5) is 0 Å². The molecule has 3 rings (SSSR count). The Morgan fingerprint density at radius 2 is 1.73 bits per heavy atom. The van der Waals surface area contributed by atoms with Crippen LogP contribution in [0.2, 0.25) is 0 Å². The fraction of sp³-hybridized carbons (Fsp3) is 0.231. The van der Waals surface area contributed by atoms with E-state index in [9.17, 15) is 0 Å². The van der Waals surface area contributed by atoms with Gasteiger partial charge in [-0.25, -0.2) is 0 Å². The molecule has 0 N–H and O–H groups in total. The first kappa shape index (κ1) is 9.46. The lowest BCUT2D eigenvalue weighted by atomic mass is 10.1. The molecule has 0 unspecified atom stereocenters. The van der Waals surface area contributed by atoms with Gasteiger partial charge in [0.05, 0.1) is 6.10 Å². The van der Waals surface area contributed by atoms with Gasteiger partial charge in [-0.15, -0.1) is 0 Å². The third-order valence-electron chi connectivity index (χ3n) is 2.65. The fourth-order valence-corrected chi connectivity index (χ4v) is 2.35. The molecule has 1 aliphatic carbocycles. The van der Waals surface area contributed by atoms with E-state index < -0.39 is 0 Å². The first-order chi connectivity index (χ1) is 7.34. The van der Waals surface area contributed by atoms with Gasteiger partial charge in [0.2, 0.25) is 0 Å². The number of fused-ring (bicyclic) bond motifs is 1.